The highest BCUT2D eigenvalue weighted by Crippen LogP contribution is 2.44. The first kappa shape index (κ1) is 15.2. The molecule has 1 saturated heterocycles. The molecular formula is C18H24BrNO. The van der Waals surface area contributed by atoms with E-state index in [1.165, 1.54) is 44.9 Å². The van der Waals surface area contributed by atoms with Crippen LogP contribution < -0.4 is 0 Å². The van der Waals surface area contributed by atoms with Crippen LogP contribution in [-0.2, 0) is 0 Å². The van der Waals surface area contributed by atoms with Crippen molar-refractivity contribution in [3.8, 4) is 0 Å². The predicted octanol–water partition coefficient (Wildman–Crippen LogP) is 4.68. The first-order valence-corrected chi connectivity index (χ1v) is 8.97. The molecule has 114 valence electrons. The molecule has 2 aliphatic rings. The molecule has 1 aliphatic heterocycles. The van der Waals surface area contributed by atoms with E-state index in [0.29, 0.717) is 12.0 Å². The van der Waals surface area contributed by atoms with E-state index in [-0.39, 0.29) is 5.78 Å². The SMILES string of the molecule is O=C(CN1CCC2(CCCCC2)CC1)c1ccc(Br)cc1. The molecule has 21 heavy (non-hydrogen) atoms. The van der Waals surface area contributed by atoms with Gasteiger partial charge in [-0.15, -0.1) is 0 Å². The molecular weight excluding hydrogens is 326 g/mol. The summed E-state index contributed by atoms with van der Waals surface area (Å²) in [5.41, 5.74) is 1.45. The van der Waals surface area contributed by atoms with Crippen LogP contribution in [-0.4, -0.2) is 30.3 Å². The molecule has 1 aliphatic carbocycles. The van der Waals surface area contributed by atoms with Crippen molar-refractivity contribution in [1.82, 2.24) is 4.90 Å². The van der Waals surface area contributed by atoms with Crippen LogP contribution in [0.25, 0.3) is 0 Å². The monoisotopic (exact) mass is 349 g/mol. The Morgan fingerprint density at radius 1 is 1.00 bits per heavy atom. The van der Waals surface area contributed by atoms with Gasteiger partial charge in [0, 0.05) is 10.0 Å². The molecule has 0 atom stereocenters. The van der Waals surface area contributed by atoms with Crippen molar-refractivity contribution in [2.75, 3.05) is 19.6 Å². The molecule has 0 amide bonds. The second kappa shape index (κ2) is 6.62. The minimum atomic E-state index is 0.252. The maximum absolute atomic E-state index is 12.3. The predicted molar refractivity (Wildman–Crippen MR) is 89.7 cm³/mol. The van der Waals surface area contributed by atoms with Gasteiger partial charge in [-0.3, -0.25) is 9.69 Å². The van der Waals surface area contributed by atoms with Gasteiger partial charge in [0.2, 0.25) is 0 Å². The van der Waals surface area contributed by atoms with E-state index < -0.39 is 0 Å². The zero-order valence-electron chi connectivity index (χ0n) is 12.6. The molecule has 0 aromatic heterocycles. The third-order valence-electron chi connectivity index (χ3n) is 5.36. The Balaban J connectivity index is 1.53. The highest BCUT2D eigenvalue weighted by atomic mass is 79.9. The Kier molecular flexibility index (Phi) is 4.80. The molecule has 2 nitrogen and oxygen atoms in total. The van der Waals surface area contributed by atoms with Gasteiger partial charge in [0.15, 0.2) is 5.78 Å². The average molecular weight is 350 g/mol. The summed E-state index contributed by atoms with van der Waals surface area (Å²) >= 11 is 3.41. The highest BCUT2D eigenvalue weighted by Gasteiger charge is 2.35. The summed E-state index contributed by atoms with van der Waals surface area (Å²) in [4.78, 5) is 14.7. The summed E-state index contributed by atoms with van der Waals surface area (Å²) in [6.45, 7) is 2.78. The van der Waals surface area contributed by atoms with Gasteiger partial charge in [-0.05, 0) is 56.3 Å². The number of hydrogen-bond acceptors (Lipinski definition) is 2. The van der Waals surface area contributed by atoms with Crippen molar-refractivity contribution in [1.29, 1.82) is 0 Å². The molecule has 1 spiro atoms. The van der Waals surface area contributed by atoms with E-state index in [1.54, 1.807) is 0 Å². The van der Waals surface area contributed by atoms with Crippen LogP contribution in [0, 0.1) is 5.41 Å². The number of nitrogens with zero attached hydrogens (tertiary/aromatic N) is 1. The Morgan fingerprint density at radius 2 is 1.62 bits per heavy atom. The van der Waals surface area contributed by atoms with Crippen LogP contribution in [0.5, 0.6) is 0 Å². The molecule has 2 fully saturated rings. The normalized spacial score (nSPS) is 22.3. The summed E-state index contributed by atoms with van der Waals surface area (Å²) in [6, 6.07) is 7.72. The molecule has 0 radical (unpaired) electrons. The lowest BCUT2D eigenvalue weighted by molar-refractivity contribution is 0.0611. The van der Waals surface area contributed by atoms with Gasteiger partial charge in [0.1, 0.15) is 0 Å². The molecule has 1 heterocycles. The van der Waals surface area contributed by atoms with Crippen molar-refractivity contribution in [2.45, 2.75) is 44.9 Å². The van der Waals surface area contributed by atoms with E-state index in [4.69, 9.17) is 0 Å². The lowest BCUT2D eigenvalue weighted by atomic mass is 9.68. The number of hydrogen-bond donors (Lipinski definition) is 0. The van der Waals surface area contributed by atoms with Gasteiger partial charge in [-0.2, -0.15) is 0 Å². The lowest BCUT2D eigenvalue weighted by Gasteiger charge is -2.44. The number of ketones is 1. The first-order valence-electron chi connectivity index (χ1n) is 8.18. The highest BCUT2D eigenvalue weighted by molar-refractivity contribution is 9.10. The first-order chi connectivity index (χ1) is 10.2. The van der Waals surface area contributed by atoms with E-state index in [2.05, 4.69) is 20.8 Å². The van der Waals surface area contributed by atoms with Crippen molar-refractivity contribution in [3.05, 3.63) is 34.3 Å². The molecule has 3 heteroatoms. The Bertz CT molecular complexity index is 480. The van der Waals surface area contributed by atoms with Crippen LogP contribution in [0.2, 0.25) is 0 Å². The zero-order valence-corrected chi connectivity index (χ0v) is 14.2. The summed E-state index contributed by atoms with van der Waals surface area (Å²) in [5, 5.41) is 0. The van der Waals surface area contributed by atoms with Crippen LogP contribution in [0.4, 0.5) is 0 Å². The van der Waals surface area contributed by atoms with E-state index in [0.717, 1.165) is 23.1 Å². The number of carbonyl (C=O) groups is 1. The van der Waals surface area contributed by atoms with E-state index in [1.807, 2.05) is 24.3 Å². The maximum atomic E-state index is 12.3. The van der Waals surface area contributed by atoms with E-state index >= 15 is 0 Å². The second-order valence-corrected chi connectivity index (χ2v) is 7.68. The number of piperidine rings is 1. The lowest BCUT2D eigenvalue weighted by Crippen LogP contribution is -2.43. The fourth-order valence-corrected chi connectivity index (χ4v) is 4.18. The molecule has 1 saturated carbocycles. The minimum Gasteiger partial charge on any atom is -0.296 e. The molecule has 1 aromatic rings. The number of halogens is 1. The van der Waals surface area contributed by atoms with Crippen LogP contribution in [0.15, 0.2) is 28.7 Å². The quantitative estimate of drug-likeness (QED) is 0.738. The van der Waals surface area contributed by atoms with Gasteiger partial charge in [-0.25, -0.2) is 0 Å². The number of rotatable bonds is 3. The Labute approximate surface area is 136 Å². The third kappa shape index (κ3) is 3.75. The fourth-order valence-electron chi connectivity index (χ4n) is 3.92. The number of carbonyl (C=O) groups excluding carboxylic acids is 1. The zero-order chi connectivity index (χ0) is 14.7. The van der Waals surface area contributed by atoms with Gasteiger partial charge in [0.05, 0.1) is 6.54 Å². The fraction of sp³-hybridized carbons (Fsp3) is 0.611. The molecule has 0 N–H and O–H groups in total. The van der Waals surface area contributed by atoms with Crippen LogP contribution in [0.3, 0.4) is 0 Å². The van der Waals surface area contributed by atoms with Crippen molar-refractivity contribution in [2.24, 2.45) is 5.41 Å². The molecule has 3 rings (SSSR count). The van der Waals surface area contributed by atoms with Crippen molar-refractivity contribution < 1.29 is 4.79 Å². The smallest absolute Gasteiger partial charge is 0.176 e. The summed E-state index contributed by atoms with van der Waals surface area (Å²) < 4.78 is 1.02. The standard InChI is InChI=1S/C18H24BrNO/c19-16-6-4-15(5-7-16)17(21)14-20-12-10-18(11-13-20)8-2-1-3-9-18/h4-7H,1-3,8-14H2. The Hall–Kier alpha value is -0.670. The molecule has 0 bridgehead atoms. The second-order valence-electron chi connectivity index (χ2n) is 6.77. The van der Waals surface area contributed by atoms with Gasteiger partial charge in [0.25, 0.3) is 0 Å². The summed E-state index contributed by atoms with van der Waals surface area (Å²) in [5.74, 6) is 0.252. The maximum Gasteiger partial charge on any atom is 0.176 e. The average Bonchev–Trinajstić information content (AvgIpc) is 2.51. The molecule has 1 aromatic carbocycles. The van der Waals surface area contributed by atoms with Crippen molar-refractivity contribution in [3.63, 3.8) is 0 Å². The largest absolute Gasteiger partial charge is 0.296 e. The van der Waals surface area contributed by atoms with Gasteiger partial charge in [-0.1, -0.05) is 47.3 Å². The number of Topliss-reactive ketones (excluding diaryl/α,β-unsaturated/α-hetero) is 1. The topological polar surface area (TPSA) is 20.3 Å². The Morgan fingerprint density at radius 3 is 2.24 bits per heavy atom. The van der Waals surface area contributed by atoms with Crippen LogP contribution >= 0.6 is 15.9 Å². The molecule has 0 unspecified atom stereocenters. The number of likely N-dealkylation sites (tertiary alicyclic amines) is 1. The summed E-state index contributed by atoms with van der Waals surface area (Å²) in [7, 11) is 0. The van der Waals surface area contributed by atoms with Crippen LogP contribution in [0.1, 0.15) is 55.3 Å². The van der Waals surface area contributed by atoms with Gasteiger partial charge >= 0.3 is 0 Å². The number of benzene rings is 1. The van der Waals surface area contributed by atoms with Crippen molar-refractivity contribution >= 4 is 21.7 Å². The minimum absolute atomic E-state index is 0.252. The summed E-state index contributed by atoms with van der Waals surface area (Å²) in [6.07, 6.45) is 9.67. The van der Waals surface area contributed by atoms with E-state index in [9.17, 15) is 4.79 Å². The van der Waals surface area contributed by atoms with Gasteiger partial charge < -0.3 is 0 Å². The third-order valence-corrected chi connectivity index (χ3v) is 5.89.